The molecule has 0 aliphatic heterocycles. The van der Waals surface area contributed by atoms with Gasteiger partial charge in [-0.05, 0) is 36.9 Å². The minimum atomic E-state index is 0.878. The van der Waals surface area contributed by atoms with E-state index in [9.17, 15) is 0 Å². The van der Waals surface area contributed by atoms with Gasteiger partial charge in [0.05, 0.1) is 6.54 Å². The molecular weight excluding hydrogens is 174 g/mol. The maximum Gasteiger partial charge on any atom is 0.117 e. The molecule has 1 saturated carbocycles. The summed E-state index contributed by atoms with van der Waals surface area (Å²) in [6, 6.07) is 4.14. The second kappa shape index (κ2) is 4.18. The molecule has 0 saturated heterocycles. The molecule has 2 rings (SSSR count). The summed E-state index contributed by atoms with van der Waals surface area (Å²) in [5.74, 6) is 4.00. The molecule has 0 radical (unpaired) electrons. The van der Waals surface area contributed by atoms with E-state index in [1.54, 1.807) is 0 Å². The van der Waals surface area contributed by atoms with Crippen LogP contribution in [0.3, 0.4) is 0 Å². The van der Waals surface area contributed by atoms with Gasteiger partial charge in [-0.2, -0.15) is 0 Å². The predicted molar refractivity (Wildman–Crippen MR) is 57.1 cm³/mol. The van der Waals surface area contributed by atoms with Crippen LogP contribution in [0, 0.1) is 11.8 Å². The maximum absolute atomic E-state index is 5.60. The van der Waals surface area contributed by atoms with Crippen molar-refractivity contribution in [1.29, 1.82) is 0 Å². The Kier molecular flexibility index (Phi) is 2.92. The highest BCUT2D eigenvalue weighted by Gasteiger charge is 2.31. The first-order valence-corrected chi connectivity index (χ1v) is 5.58. The van der Waals surface area contributed by atoms with Crippen LogP contribution in [0.2, 0.25) is 0 Å². The Morgan fingerprint density at radius 2 is 2.14 bits per heavy atom. The lowest BCUT2D eigenvalue weighted by Gasteiger charge is -2.00. The van der Waals surface area contributed by atoms with Crippen LogP contribution in [0.5, 0.6) is 0 Å². The molecule has 2 atom stereocenters. The summed E-state index contributed by atoms with van der Waals surface area (Å²) in [6.07, 6.45) is 2.38. The fourth-order valence-electron chi connectivity index (χ4n) is 1.77. The first-order valence-electron chi connectivity index (χ1n) is 5.58. The Bertz CT molecular complexity index is 292. The molecule has 1 aliphatic carbocycles. The number of nitrogens with one attached hydrogen (secondary N) is 1. The summed E-state index contributed by atoms with van der Waals surface area (Å²) in [7, 11) is 0. The van der Waals surface area contributed by atoms with Crippen molar-refractivity contribution in [3.05, 3.63) is 23.7 Å². The number of aryl methyl sites for hydroxylation is 1. The summed E-state index contributed by atoms with van der Waals surface area (Å²) in [6.45, 7) is 6.45. The number of hydrogen-bond donors (Lipinski definition) is 1. The molecule has 1 aromatic rings. The fraction of sp³-hybridized carbons (Fsp3) is 0.667. The van der Waals surface area contributed by atoms with E-state index in [1.165, 1.54) is 6.42 Å². The molecule has 1 aliphatic rings. The number of rotatable bonds is 5. The SMILES string of the molecule is CCc1ccc(CNCC2CC2C)o1. The topological polar surface area (TPSA) is 25.2 Å². The average Bonchev–Trinajstić information content (AvgIpc) is 2.71. The van der Waals surface area contributed by atoms with E-state index in [4.69, 9.17) is 4.42 Å². The van der Waals surface area contributed by atoms with E-state index in [0.717, 1.165) is 42.9 Å². The molecule has 14 heavy (non-hydrogen) atoms. The quantitative estimate of drug-likeness (QED) is 0.777. The minimum absolute atomic E-state index is 0.878. The van der Waals surface area contributed by atoms with Gasteiger partial charge in [-0.25, -0.2) is 0 Å². The van der Waals surface area contributed by atoms with Gasteiger partial charge in [0.2, 0.25) is 0 Å². The molecule has 1 N–H and O–H groups in total. The third kappa shape index (κ3) is 2.38. The Hall–Kier alpha value is -0.760. The molecule has 1 fully saturated rings. The van der Waals surface area contributed by atoms with Crippen molar-refractivity contribution in [3.63, 3.8) is 0 Å². The van der Waals surface area contributed by atoms with Gasteiger partial charge in [0.15, 0.2) is 0 Å². The first-order chi connectivity index (χ1) is 6.79. The van der Waals surface area contributed by atoms with Crippen LogP contribution in [-0.2, 0) is 13.0 Å². The minimum Gasteiger partial charge on any atom is -0.465 e. The molecule has 2 heteroatoms. The van der Waals surface area contributed by atoms with Crippen molar-refractivity contribution in [2.45, 2.75) is 33.2 Å². The Labute approximate surface area is 85.7 Å². The molecular formula is C12H19NO. The second-order valence-electron chi connectivity index (χ2n) is 4.33. The van der Waals surface area contributed by atoms with Crippen LogP contribution in [0.1, 0.15) is 31.8 Å². The zero-order valence-corrected chi connectivity index (χ0v) is 9.05. The molecule has 1 heterocycles. The largest absolute Gasteiger partial charge is 0.465 e. The predicted octanol–water partition coefficient (Wildman–Crippen LogP) is 2.59. The van der Waals surface area contributed by atoms with Crippen LogP contribution in [0.4, 0.5) is 0 Å². The van der Waals surface area contributed by atoms with Crippen molar-refractivity contribution < 1.29 is 4.42 Å². The fourth-order valence-corrected chi connectivity index (χ4v) is 1.77. The van der Waals surface area contributed by atoms with Crippen LogP contribution in [0.15, 0.2) is 16.5 Å². The lowest BCUT2D eigenvalue weighted by molar-refractivity contribution is 0.446. The summed E-state index contributed by atoms with van der Waals surface area (Å²) >= 11 is 0. The van der Waals surface area contributed by atoms with E-state index in [-0.39, 0.29) is 0 Å². The highest BCUT2D eigenvalue weighted by Crippen LogP contribution is 2.36. The summed E-state index contributed by atoms with van der Waals surface area (Å²) in [4.78, 5) is 0. The van der Waals surface area contributed by atoms with E-state index in [0.29, 0.717) is 0 Å². The molecule has 0 aromatic carbocycles. The van der Waals surface area contributed by atoms with E-state index in [2.05, 4.69) is 31.3 Å². The van der Waals surface area contributed by atoms with Gasteiger partial charge in [-0.1, -0.05) is 13.8 Å². The van der Waals surface area contributed by atoms with Gasteiger partial charge in [-0.15, -0.1) is 0 Å². The Balaban J connectivity index is 1.69. The van der Waals surface area contributed by atoms with E-state index >= 15 is 0 Å². The van der Waals surface area contributed by atoms with Gasteiger partial charge in [-0.3, -0.25) is 0 Å². The smallest absolute Gasteiger partial charge is 0.117 e. The molecule has 1 aromatic heterocycles. The summed E-state index contributed by atoms with van der Waals surface area (Å²) in [5, 5.41) is 3.44. The summed E-state index contributed by atoms with van der Waals surface area (Å²) < 4.78 is 5.60. The maximum atomic E-state index is 5.60. The monoisotopic (exact) mass is 193 g/mol. The van der Waals surface area contributed by atoms with E-state index < -0.39 is 0 Å². The van der Waals surface area contributed by atoms with Gasteiger partial charge >= 0.3 is 0 Å². The van der Waals surface area contributed by atoms with Crippen molar-refractivity contribution >= 4 is 0 Å². The zero-order chi connectivity index (χ0) is 9.97. The third-order valence-electron chi connectivity index (χ3n) is 3.05. The average molecular weight is 193 g/mol. The van der Waals surface area contributed by atoms with Crippen LogP contribution in [0.25, 0.3) is 0 Å². The van der Waals surface area contributed by atoms with Crippen molar-refractivity contribution in [2.24, 2.45) is 11.8 Å². The lowest BCUT2D eigenvalue weighted by atomic mass is 10.3. The Morgan fingerprint density at radius 1 is 1.43 bits per heavy atom. The molecule has 2 unspecified atom stereocenters. The van der Waals surface area contributed by atoms with Crippen LogP contribution < -0.4 is 5.32 Å². The highest BCUT2D eigenvalue weighted by atomic mass is 16.3. The molecule has 2 nitrogen and oxygen atoms in total. The van der Waals surface area contributed by atoms with E-state index in [1.807, 2.05) is 0 Å². The highest BCUT2D eigenvalue weighted by molar-refractivity contribution is 5.06. The lowest BCUT2D eigenvalue weighted by Crippen LogP contribution is -2.16. The van der Waals surface area contributed by atoms with Crippen molar-refractivity contribution in [1.82, 2.24) is 5.32 Å². The molecule has 0 spiro atoms. The first kappa shape index (κ1) is 9.78. The molecule has 0 bridgehead atoms. The second-order valence-corrected chi connectivity index (χ2v) is 4.33. The Morgan fingerprint density at radius 3 is 2.71 bits per heavy atom. The van der Waals surface area contributed by atoms with Crippen molar-refractivity contribution in [2.75, 3.05) is 6.54 Å². The van der Waals surface area contributed by atoms with Crippen LogP contribution >= 0.6 is 0 Å². The standard InChI is InChI=1S/C12H19NO/c1-3-11-4-5-12(14-11)8-13-7-10-6-9(10)2/h4-5,9-10,13H,3,6-8H2,1-2H3. The molecule has 78 valence electrons. The molecule has 0 amide bonds. The van der Waals surface area contributed by atoms with Gasteiger partial charge in [0.25, 0.3) is 0 Å². The number of furan rings is 1. The zero-order valence-electron chi connectivity index (χ0n) is 9.05. The van der Waals surface area contributed by atoms with Gasteiger partial charge < -0.3 is 9.73 Å². The number of hydrogen-bond acceptors (Lipinski definition) is 2. The van der Waals surface area contributed by atoms with Crippen LogP contribution in [-0.4, -0.2) is 6.54 Å². The van der Waals surface area contributed by atoms with Crippen molar-refractivity contribution in [3.8, 4) is 0 Å². The van der Waals surface area contributed by atoms with Gasteiger partial charge in [0.1, 0.15) is 11.5 Å². The normalized spacial score (nSPS) is 25.3. The summed E-state index contributed by atoms with van der Waals surface area (Å²) in [5.41, 5.74) is 0. The third-order valence-corrected chi connectivity index (χ3v) is 3.05. The van der Waals surface area contributed by atoms with Gasteiger partial charge in [0, 0.05) is 6.42 Å².